The standard InChI is InChI=1S/C15H19N3/c1-3-6-12-7-5-8-13(9-12)14-10-16-11-15(18-14)17-4-2/h5,7-11H,3-4,6H2,1-2H3,(H,17,18). The Morgan fingerprint density at radius 1 is 1.17 bits per heavy atom. The predicted octanol–water partition coefficient (Wildman–Crippen LogP) is 3.53. The molecule has 0 spiro atoms. The van der Waals surface area contributed by atoms with Gasteiger partial charge >= 0.3 is 0 Å². The molecule has 0 radical (unpaired) electrons. The quantitative estimate of drug-likeness (QED) is 0.870. The first-order valence-electron chi connectivity index (χ1n) is 6.48. The Labute approximate surface area is 108 Å². The molecule has 0 aliphatic heterocycles. The molecule has 1 N–H and O–H groups in total. The molecular weight excluding hydrogens is 222 g/mol. The smallest absolute Gasteiger partial charge is 0.145 e. The fourth-order valence-electron chi connectivity index (χ4n) is 1.95. The van der Waals surface area contributed by atoms with Crippen molar-refractivity contribution in [2.75, 3.05) is 11.9 Å². The van der Waals surface area contributed by atoms with Crippen molar-refractivity contribution in [2.24, 2.45) is 0 Å². The highest BCUT2D eigenvalue weighted by Gasteiger charge is 2.02. The molecule has 1 aromatic heterocycles. The molecule has 0 unspecified atom stereocenters. The fraction of sp³-hybridized carbons (Fsp3) is 0.333. The van der Waals surface area contributed by atoms with Crippen LogP contribution >= 0.6 is 0 Å². The topological polar surface area (TPSA) is 37.8 Å². The van der Waals surface area contributed by atoms with E-state index in [0.717, 1.165) is 36.5 Å². The number of aryl methyl sites for hydroxylation is 1. The van der Waals surface area contributed by atoms with E-state index in [1.54, 1.807) is 6.20 Å². The van der Waals surface area contributed by atoms with Crippen molar-refractivity contribution >= 4 is 5.82 Å². The number of hydrogen-bond donors (Lipinski definition) is 1. The molecule has 3 nitrogen and oxygen atoms in total. The minimum absolute atomic E-state index is 0.830. The van der Waals surface area contributed by atoms with Crippen molar-refractivity contribution in [3.05, 3.63) is 42.2 Å². The van der Waals surface area contributed by atoms with Gasteiger partial charge in [-0.2, -0.15) is 0 Å². The Hall–Kier alpha value is -1.90. The lowest BCUT2D eigenvalue weighted by Crippen LogP contribution is -2.00. The van der Waals surface area contributed by atoms with Crippen LogP contribution in [-0.4, -0.2) is 16.5 Å². The van der Waals surface area contributed by atoms with E-state index < -0.39 is 0 Å². The van der Waals surface area contributed by atoms with Gasteiger partial charge in [-0.25, -0.2) is 4.98 Å². The van der Waals surface area contributed by atoms with Crippen LogP contribution in [-0.2, 0) is 6.42 Å². The molecule has 0 saturated heterocycles. The molecule has 0 aliphatic rings. The summed E-state index contributed by atoms with van der Waals surface area (Å²) in [5, 5.41) is 3.18. The van der Waals surface area contributed by atoms with Gasteiger partial charge in [-0.3, -0.25) is 4.98 Å². The second-order valence-electron chi connectivity index (χ2n) is 4.27. The summed E-state index contributed by atoms with van der Waals surface area (Å²) in [5.41, 5.74) is 3.41. The molecule has 2 rings (SSSR count). The largest absolute Gasteiger partial charge is 0.369 e. The van der Waals surface area contributed by atoms with Gasteiger partial charge < -0.3 is 5.32 Å². The molecule has 1 aromatic carbocycles. The van der Waals surface area contributed by atoms with E-state index in [9.17, 15) is 0 Å². The molecule has 0 saturated carbocycles. The second-order valence-corrected chi connectivity index (χ2v) is 4.27. The van der Waals surface area contributed by atoms with Crippen molar-refractivity contribution in [1.29, 1.82) is 0 Å². The Balaban J connectivity index is 2.29. The van der Waals surface area contributed by atoms with Crippen LogP contribution in [0.25, 0.3) is 11.3 Å². The normalized spacial score (nSPS) is 10.3. The summed E-state index contributed by atoms with van der Waals surface area (Å²) in [6.07, 6.45) is 5.83. The highest BCUT2D eigenvalue weighted by molar-refractivity contribution is 5.60. The van der Waals surface area contributed by atoms with Gasteiger partial charge in [0.1, 0.15) is 5.82 Å². The molecule has 0 atom stereocenters. The summed E-state index contributed by atoms with van der Waals surface area (Å²) in [6, 6.07) is 8.53. The SMILES string of the molecule is CCCc1cccc(-c2cncc(NCC)n2)c1. The summed E-state index contributed by atoms with van der Waals surface area (Å²) >= 11 is 0. The third kappa shape index (κ3) is 3.06. The van der Waals surface area contributed by atoms with Crippen LogP contribution in [0, 0.1) is 0 Å². The van der Waals surface area contributed by atoms with Gasteiger partial charge in [0.2, 0.25) is 0 Å². The maximum Gasteiger partial charge on any atom is 0.145 e. The first kappa shape index (κ1) is 12.6. The van der Waals surface area contributed by atoms with Gasteiger partial charge in [-0.05, 0) is 25.0 Å². The van der Waals surface area contributed by atoms with E-state index in [2.05, 4.69) is 53.4 Å². The minimum atomic E-state index is 0.830. The number of rotatable bonds is 5. The number of benzene rings is 1. The van der Waals surface area contributed by atoms with Gasteiger partial charge in [-0.15, -0.1) is 0 Å². The Morgan fingerprint density at radius 3 is 2.83 bits per heavy atom. The summed E-state index contributed by atoms with van der Waals surface area (Å²) in [6.45, 7) is 5.10. The monoisotopic (exact) mass is 241 g/mol. The second kappa shape index (κ2) is 6.15. The lowest BCUT2D eigenvalue weighted by molar-refractivity contribution is 0.922. The Bertz CT molecular complexity index is 461. The zero-order valence-electron chi connectivity index (χ0n) is 11.0. The number of nitrogens with one attached hydrogen (secondary N) is 1. The highest BCUT2D eigenvalue weighted by Crippen LogP contribution is 2.19. The van der Waals surface area contributed by atoms with Crippen LogP contribution in [0.3, 0.4) is 0 Å². The minimum Gasteiger partial charge on any atom is -0.369 e. The van der Waals surface area contributed by atoms with Gasteiger partial charge in [0.25, 0.3) is 0 Å². The van der Waals surface area contributed by atoms with Crippen LogP contribution in [0.15, 0.2) is 36.7 Å². The molecule has 94 valence electrons. The lowest BCUT2D eigenvalue weighted by atomic mass is 10.1. The van der Waals surface area contributed by atoms with E-state index in [4.69, 9.17) is 0 Å². The third-order valence-corrected chi connectivity index (χ3v) is 2.75. The van der Waals surface area contributed by atoms with E-state index in [0.29, 0.717) is 0 Å². The van der Waals surface area contributed by atoms with E-state index in [-0.39, 0.29) is 0 Å². The number of nitrogens with zero attached hydrogens (tertiary/aromatic N) is 2. The Kier molecular flexibility index (Phi) is 4.29. The molecule has 0 amide bonds. The lowest BCUT2D eigenvalue weighted by Gasteiger charge is -2.06. The maximum absolute atomic E-state index is 4.56. The fourth-order valence-corrected chi connectivity index (χ4v) is 1.95. The maximum atomic E-state index is 4.56. The molecule has 0 aliphatic carbocycles. The molecule has 2 aromatic rings. The van der Waals surface area contributed by atoms with Gasteiger partial charge in [0.05, 0.1) is 18.1 Å². The average molecular weight is 241 g/mol. The zero-order valence-corrected chi connectivity index (χ0v) is 11.0. The summed E-state index contributed by atoms with van der Waals surface area (Å²) in [4.78, 5) is 8.79. The first-order chi connectivity index (χ1) is 8.83. The molecular formula is C15H19N3. The van der Waals surface area contributed by atoms with E-state index in [1.165, 1.54) is 5.56 Å². The summed E-state index contributed by atoms with van der Waals surface area (Å²) in [7, 11) is 0. The molecule has 3 heteroatoms. The van der Waals surface area contributed by atoms with Crippen molar-refractivity contribution in [3.63, 3.8) is 0 Å². The van der Waals surface area contributed by atoms with Crippen LogP contribution in [0.5, 0.6) is 0 Å². The van der Waals surface area contributed by atoms with E-state index in [1.807, 2.05) is 6.20 Å². The summed E-state index contributed by atoms with van der Waals surface area (Å²) in [5.74, 6) is 0.830. The molecule has 0 fully saturated rings. The van der Waals surface area contributed by atoms with Crippen LogP contribution < -0.4 is 5.32 Å². The number of anilines is 1. The molecule has 1 heterocycles. The summed E-state index contributed by atoms with van der Waals surface area (Å²) < 4.78 is 0. The van der Waals surface area contributed by atoms with Crippen LogP contribution in [0.4, 0.5) is 5.82 Å². The predicted molar refractivity (Wildman–Crippen MR) is 75.6 cm³/mol. The average Bonchev–Trinajstić information content (AvgIpc) is 2.40. The first-order valence-corrected chi connectivity index (χ1v) is 6.48. The Morgan fingerprint density at radius 2 is 2.06 bits per heavy atom. The van der Waals surface area contributed by atoms with Crippen molar-refractivity contribution in [1.82, 2.24) is 9.97 Å². The van der Waals surface area contributed by atoms with Gasteiger partial charge in [0.15, 0.2) is 0 Å². The van der Waals surface area contributed by atoms with Crippen molar-refractivity contribution < 1.29 is 0 Å². The third-order valence-electron chi connectivity index (χ3n) is 2.75. The van der Waals surface area contributed by atoms with Crippen LogP contribution in [0.2, 0.25) is 0 Å². The van der Waals surface area contributed by atoms with Crippen LogP contribution in [0.1, 0.15) is 25.8 Å². The van der Waals surface area contributed by atoms with Crippen molar-refractivity contribution in [2.45, 2.75) is 26.7 Å². The zero-order chi connectivity index (χ0) is 12.8. The molecule has 0 bridgehead atoms. The van der Waals surface area contributed by atoms with Gasteiger partial charge in [0, 0.05) is 12.1 Å². The van der Waals surface area contributed by atoms with Gasteiger partial charge in [-0.1, -0.05) is 31.5 Å². The molecule has 18 heavy (non-hydrogen) atoms. The van der Waals surface area contributed by atoms with E-state index >= 15 is 0 Å². The highest BCUT2D eigenvalue weighted by atomic mass is 15.0. The number of hydrogen-bond acceptors (Lipinski definition) is 3. The van der Waals surface area contributed by atoms with Crippen molar-refractivity contribution in [3.8, 4) is 11.3 Å². The number of aromatic nitrogens is 2.